The predicted octanol–water partition coefficient (Wildman–Crippen LogP) is 1.14. The number of nitrogens with zero attached hydrogens (tertiary/aromatic N) is 4. The number of carbonyl (C=O) groups excluding carboxylic acids is 10. The highest BCUT2D eigenvalue weighted by Gasteiger charge is 2.38. The third-order valence-corrected chi connectivity index (χ3v) is 11.9. The lowest BCUT2D eigenvalue weighted by Crippen LogP contribution is -2.64. The highest BCUT2D eigenvalue weighted by molar-refractivity contribution is 5.99. The van der Waals surface area contributed by atoms with Gasteiger partial charge in [-0.05, 0) is 113 Å². The van der Waals surface area contributed by atoms with Crippen LogP contribution in [0, 0.1) is 23.7 Å². The molecule has 0 saturated heterocycles. The summed E-state index contributed by atoms with van der Waals surface area (Å²) in [5, 5.41) is 36.2. The lowest BCUT2D eigenvalue weighted by atomic mass is 9.97. The van der Waals surface area contributed by atoms with Gasteiger partial charge in [0.2, 0.25) is 53.2 Å². The number of tetrazole rings is 1. The molecule has 6 atom stereocenters. The van der Waals surface area contributed by atoms with E-state index in [4.69, 9.17) is 5.73 Å². The molecule has 0 fully saturated rings. The van der Waals surface area contributed by atoms with Gasteiger partial charge in [-0.25, -0.2) is 0 Å². The third-order valence-electron chi connectivity index (χ3n) is 11.9. The number of aromatic nitrogens is 4. The third kappa shape index (κ3) is 22.7. The van der Waals surface area contributed by atoms with E-state index in [1.54, 1.807) is 58.9 Å². The molecule has 0 bridgehead atoms. The summed E-state index contributed by atoms with van der Waals surface area (Å²) in [4.78, 5) is 134. The minimum atomic E-state index is -1.69. The number of amides is 10. The summed E-state index contributed by atoms with van der Waals surface area (Å²) in [5.41, 5.74) is 4.89. The molecule has 24 heteroatoms. The molecule has 0 aliphatic carbocycles. The fourth-order valence-electron chi connectivity index (χ4n) is 7.64. The van der Waals surface area contributed by atoms with Crippen molar-refractivity contribution in [1.82, 2.24) is 68.1 Å². The molecule has 76 heavy (non-hydrogen) atoms. The lowest BCUT2D eigenvalue weighted by molar-refractivity contribution is -0.138. The second-order valence-corrected chi connectivity index (χ2v) is 21.2. The Hall–Kier alpha value is -7.27. The molecule has 2 rings (SSSR count). The van der Waals surface area contributed by atoms with E-state index >= 15 is 0 Å². The fourth-order valence-corrected chi connectivity index (χ4v) is 7.64. The van der Waals surface area contributed by atoms with Crippen LogP contribution in [0.5, 0.6) is 0 Å². The van der Waals surface area contributed by atoms with E-state index in [1.807, 2.05) is 33.8 Å². The number of benzene rings is 1. The van der Waals surface area contributed by atoms with Crippen LogP contribution in [0.4, 0.5) is 0 Å². The number of hydrogen-bond donors (Lipinski definition) is 10. The van der Waals surface area contributed by atoms with Gasteiger partial charge in [-0.1, -0.05) is 80.2 Å². The molecule has 422 valence electrons. The van der Waals surface area contributed by atoms with Crippen molar-refractivity contribution in [3.05, 3.63) is 48.3 Å². The van der Waals surface area contributed by atoms with Gasteiger partial charge in [0.25, 0.3) is 11.7 Å². The molecule has 24 nitrogen and oxygen atoms in total. The van der Waals surface area contributed by atoms with Gasteiger partial charge < -0.3 is 53.6 Å². The van der Waals surface area contributed by atoms with Crippen LogP contribution in [0.2, 0.25) is 0 Å². The first-order valence-corrected chi connectivity index (χ1v) is 26.0. The molecule has 0 radical (unpaired) electrons. The van der Waals surface area contributed by atoms with Gasteiger partial charge in [-0.2, -0.15) is 0 Å². The van der Waals surface area contributed by atoms with Crippen molar-refractivity contribution in [2.24, 2.45) is 29.4 Å². The molecule has 0 saturated carbocycles. The van der Waals surface area contributed by atoms with Gasteiger partial charge in [0, 0.05) is 25.6 Å². The Bertz CT molecular complexity index is 2320. The van der Waals surface area contributed by atoms with Crippen LogP contribution >= 0.6 is 0 Å². The quantitative estimate of drug-likeness (QED) is 0.0355. The van der Waals surface area contributed by atoms with Gasteiger partial charge >= 0.3 is 0 Å². The zero-order valence-electron chi connectivity index (χ0n) is 46.4. The number of carbonyl (C=O) groups is 10. The second kappa shape index (κ2) is 31.6. The Morgan fingerprint density at radius 2 is 1.08 bits per heavy atom. The van der Waals surface area contributed by atoms with Crippen LogP contribution < -0.4 is 53.6 Å². The van der Waals surface area contributed by atoms with Crippen molar-refractivity contribution in [2.75, 3.05) is 13.1 Å². The van der Waals surface area contributed by atoms with Crippen molar-refractivity contribution in [2.45, 2.75) is 176 Å². The van der Waals surface area contributed by atoms with E-state index in [0.29, 0.717) is 36.9 Å². The van der Waals surface area contributed by atoms with Crippen molar-refractivity contribution in [1.29, 1.82) is 0 Å². The number of nitrogens with two attached hydrogens (primary N) is 1. The van der Waals surface area contributed by atoms with Crippen molar-refractivity contribution < 1.29 is 47.9 Å². The van der Waals surface area contributed by atoms with Gasteiger partial charge in [-0.15, -0.1) is 15.0 Å². The zero-order valence-corrected chi connectivity index (χ0v) is 46.4. The average Bonchev–Trinajstić information content (AvgIpc) is 3.83. The maximum atomic E-state index is 14.1. The van der Waals surface area contributed by atoms with Crippen molar-refractivity contribution in [3.63, 3.8) is 0 Å². The maximum absolute atomic E-state index is 14.1. The first-order chi connectivity index (χ1) is 35.5. The normalized spacial score (nSPS) is 13.8. The van der Waals surface area contributed by atoms with Crippen LogP contribution in [-0.4, -0.2) is 134 Å². The minimum Gasteiger partial charge on any atom is -0.368 e. The highest BCUT2D eigenvalue weighted by Crippen LogP contribution is 2.15. The van der Waals surface area contributed by atoms with E-state index in [9.17, 15) is 47.9 Å². The largest absolute Gasteiger partial charge is 0.368 e. The Balaban J connectivity index is 2.27. The molecule has 0 aliphatic heterocycles. The molecular weight excluding hydrogens is 981 g/mol. The second-order valence-electron chi connectivity index (χ2n) is 21.2. The van der Waals surface area contributed by atoms with E-state index in [1.165, 1.54) is 25.6 Å². The van der Waals surface area contributed by atoms with Gasteiger partial charge in [0.1, 0.15) is 41.8 Å². The smallest absolute Gasteiger partial charge is 0.292 e. The number of unbranched alkanes of at least 4 members (excludes halogenated alkanes) is 2. The fraction of sp³-hybridized carbons (Fsp3) is 0.635. The highest BCUT2D eigenvalue weighted by atomic mass is 16.2. The van der Waals surface area contributed by atoms with E-state index in [-0.39, 0.29) is 68.3 Å². The molecule has 0 unspecified atom stereocenters. The summed E-state index contributed by atoms with van der Waals surface area (Å²) in [6.45, 7) is 23.9. The molecule has 1 heterocycles. The molecule has 10 amide bonds. The SMILES string of the molecule is C=C(C)C(=O)NCCCC[C@H](NC(=O)[C@@H](NC(C)=O)C(C)C)C(=O)N[C@@H](CC(C)C)C(=O)NC(C)(C)C(=O)N[C@H](C(=O)N[C@@H](CCCCNC(=O)c1nnn(-c2ccccc2)n1)C(=O)N[C@@H](CC(C)C)C(N)=O)C(C)C. The van der Waals surface area contributed by atoms with Crippen LogP contribution in [0.15, 0.2) is 42.5 Å². The number of rotatable bonds is 33. The average molecular weight is 1070 g/mol. The first-order valence-electron chi connectivity index (χ1n) is 26.0. The molecule has 1 aromatic carbocycles. The number of para-hydroxylation sites is 1. The Morgan fingerprint density at radius 1 is 0.605 bits per heavy atom. The molecule has 0 aliphatic rings. The summed E-state index contributed by atoms with van der Waals surface area (Å²) in [6.07, 6.45) is 1.99. The number of nitrogens with one attached hydrogen (secondary N) is 9. The topological polar surface area (TPSA) is 349 Å². The maximum Gasteiger partial charge on any atom is 0.292 e. The van der Waals surface area contributed by atoms with Gasteiger partial charge in [0.05, 0.1) is 5.69 Å². The van der Waals surface area contributed by atoms with E-state index in [2.05, 4.69) is 69.8 Å². The Kier molecular flexibility index (Phi) is 26.9. The standard InChI is InChI=1S/C52H84N14O10/c1-29(2)27-38(42(53)68)59-45(70)36(23-18-20-26-55-50(75)43-63-65-66(64-43)35-21-15-14-16-22-35)58-49(74)41(32(7)8)61-51(76)52(12,13)62-47(72)39(28-30(3)4)60-46(71)37(24-17-19-25-54-44(69)33(9)10)57-48(73)40(31(5)6)56-34(11)67/h14-16,21-22,29-32,36-41H,9,17-20,23-28H2,1-8,10-13H3,(H2,53,68)(H,54,69)(H,55,75)(H,56,67)(H,57,73)(H,58,74)(H,59,70)(H,60,71)(H,61,76)(H,62,72)/t36-,37-,38-,39-,40-,41-/m0/s1. The number of primary amides is 1. The van der Waals surface area contributed by atoms with Crippen molar-refractivity contribution in [3.8, 4) is 5.69 Å². The van der Waals surface area contributed by atoms with E-state index in [0.717, 1.165) is 0 Å². The summed E-state index contributed by atoms with van der Waals surface area (Å²) in [5.74, 6) is -7.53. The summed E-state index contributed by atoms with van der Waals surface area (Å²) in [7, 11) is 0. The predicted molar refractivity (Wildman–Crippen MR) is 284 cm³/mol. The zero-order chi connectivity index (χ0) is 57.4. The Labute approximate surface area is 446 Å². The molecule has 0 spiro atoms. The van der Waals surface area contributed by atoms with Crippen LogP contribution in [0.1, 0.15) is 145 Å². The van der Waals surface area contributed by atoms with Crippen LogP contribution in [-0.2, 0) is 43.2 Å². The van der Waals surface area contributed by atoms with Gasteiger partial charge in [0.15, 0.2) is 0 Å². The molecule has 1 aromatic heterocycles. The van der Waals surface area contributed by atoms with Gasteiger partial charge in [-0.3, -0.25) is 47.9 Å². The molecular formula is C52H84N14O10. The summed E-state index contributed by atoms with van der Waals surface area (Å²) >= 11 is 0. The first kappa shape index (κ1) is 64.8. The lowest BCUT2D eigenvalue weighted by Gasteiger charge is -2.32. The van der Waals surface area contributed by atoms with Crippen molar-refractivity contribution >= 4 is 59.1 Å². The minimum absolute atomic E-state index is 0.0197. The number of hydrogen-bond acceptors (Lipinski definition) is 13. The Morgan fingerprint density at radius 3 is 1.55 bits per heavy atom. The molecule has 11 N–H and O–H groups in total. The monoisotopic (exact) mass is 1060 g/mol. The summed E-state index contributed by atoms with van der Waals surface area (Å²) in [6, 6.07) is 2.08. The summed E-state index contributed by atoms with van der Waals surface area (Å²) < 4.78 is 0. The van der Waals surface area contributed by atoms with Crippen LogP contribution in [0.3, 0.4) is 0 Å². The van der Waals surface area contributed by atoms with Crippen LogP contribution in [0.25, 0.3) is 5.69 Å². The molecule has 2 aromatic rings. The van der Waals surface area contributed by atoms with E-state index < -0.39 is 101 Å².